The highest BCUT2D eigenvalue weighted by atomic mass is 15.5. The number of fused-ring (bicyclic) bond motifs is 1. The molecule has 0 radical (unpaired) electrons. The summed E-state index contributed by atoms with van der Waals surface area (Å²) in [5, 5.41) is 10.1. The summed E-state index contributed by atoms with van der Waals surface area (Å²) in [6, 6.07) is 0. The molecule has 0 saturated carbocycles. The molecule has 1 aliphatic heterocycles. The molecule has 0 aromatic carbocycles. The molecule has 16 heavy (non-hydrogen) atoms. The highest BCUT2D eigenvalue weighted by Gasteiger charge is 2.12. The first kappa shape index (κ1) is 9.53. The maximum Gasteiger partial charge on any atom is 0.204 e. The first-order valence-electron chi connectivity index (χ1n) is 5.59. The molecule has 1 N–H and O–H groups in total. The summed E-state index contributed by atoms with van der Waals surface area (Å²) in [6.45, 7) is 2.13. The van der Waals surface area contributed by atoms with Gasteiger partial charge in [-0.05, 0) is 12.8 Å². The van der Waals surface area contributed by atoms with Gasteiger partial charge in [0.05, 0.1) is 0 Å². The van der Waals surface area contributed by atoms with E-state index in [0.29, 0.717) is 0 Å². The van der Waals surface area contributed by atoms with Crippen molar-refractivity contribution in [2.75, 3.05) is 18.5 Å². The molecule has 1 saturated heterocycles. The lowest BCUT2D eigenvalue weighted by atomic mass is 10.2. The quantitative estimate of drug-likeness (QED) is 0.812. The Labute approximate surface area is 93.3 Å². The fourth-order valence-corrected chi connectivity index (χ4v) is 1.99. The fourth-order valence-electron chi connectivity index (χ4n) is 1.99. The van der Waals surface area contributed by atoms with E-state index >= 15 is 0 Å². The summed E-state index contributed by atoms with van der Waals surface area (Å²) in [6.07, 6.45) is 9.07. The van der Waals surface area contributed by atoms with E-state index in [2.05, 4.69) is 25.6 Å². The van der Waals surface area contributed by atoms with Crippen molar-refractivity contribution in [1.82, 2.24) is 24.6 Å². The van der Waals surface area contributed by atoms with Crippen LogP contribution in [0.4, 0.5) is 5.82 Å². The maximum atomic E-state index is 4.30. The van der Waals surface area contributed by atoms with Crippen molar-refractivity contribution in [2.24, 2.45) is 0 Å². The van der Waals surface area contributed by atoms with E-state index in [4.69, 9.17) is 0 Å². The van der Waals surface area contributed by atoms with Crippen molar-refractivity contribution in [2.45, 2.75) is 19.3 Å². The van der Waals surface area contributed by atoms with Crippen molar-refractivity contribution in [3.63, 3.8) is 0 Å². The molecule has 3 rings (SSSR count). The standard InChI is InChI=1S/C10H14N6/c1-2-5-16(6-3-1)14-9-10-13-12-8-15(10)7-4-11-9/h4,7-8H,1-3,5-6H2,(H,11,14). The molecule has 0 aliphatic carbocycles. The van der Waals surface area contributed by atoms with Gasteiger partial charge in [0.1, 0.15) is 6.33 Å². The SMILES string of the molecule is c1cn2cnnc2c(NN2CCCCC2)n1. The minimum Gasteiger partial charge on any atom is -0.300 e. The van der Waals surface area contributed by atoms with Gasteiger partial charge in [-0.1, -0.05) is 6.42 Å². The van der Waals surface area contributed by atoms with Gasteiger partial charge in [0.15, 0.2) is 5.82 Å². The first-order valence-corrected chi connectivity index (χ1v) is 5.59. The second-order valence-electron chi connectivity index (χ2n) is 4.00. The third-order valence-electron chi connectivity index (χ3n) is 2.84. The van der Waals surface area contributed by atoms with Gasteiger partial charge < -0.3 is 0 Å². The Morgan fingerprint density at radius 3 is 2.94 bits per heavy atom. The van der Waals surface area contributed by atoms with Crippen LogP contribution >= 0.6 is 0 Å². The average Bonchev–Trinajstić information content (AvgIpc) is 2.80. The lowest BCUT2D eigenvalue weighted by Crippen LogP contribution is -2.35. The first-order chi connectivity index (χ1) is 7.93. The van der Waals surface area contributed by atoms with Gasteiger partial charge in [0.25, 0.3) is 0 Å². The molecule has 0 amide bonds. The molecule has 0 spiro atoms. The van der Waals surface area contributed by atoms with Crippen molar-refractivity contribution < 1.29 is 0 Å². The molecule has 0 atom stereocenters. The zero-order valence-corrected chi connectivity index (χ0v) is 9.00. The van der Waals surface area contributed by atoms with Crippen LogP contribution < -0.4 is 5.43 Å². The molecule has 6 nitrogen and oxygen atoms in total. The van der Waals surface area contributed by atoms with Crippen LogP contribution in [0.3, 0.4) is 0 Å². The summed E-state index contributed by atoms with van der Waals surface area (Å²) in [7, 11) is 0. The number of hydrazine groups is 1. The Balaban J connectivity index is 1.85. The number of rotatable bonds is 2. The molecular weight excluding hydrogens is 204 g/mol. The zero-order valence-electron chi connectivity index (χ0n) is 9.00. The van der Waals surface area contributed by atoms with Gasteiger partial charge in [0, 0.05) is 25.5 Å². The smallest absolute Gasteiger partial charge is 0.204 e. The summed E-state index contributed by atoms with van der Waals surface area (Å²) >= 11 is 0. The van der Waals surface area contributed by atoms with Gasteiger partial charge in [-0.25, -0.2) is 9.99 Å². The monoisotopic (exact) mass is 218 g/mol. The molecule has 2 aromatic rings. The highest BCUT2D eigenvalue weighted by Crippen LogP contribution is 2.14. The minimum atomic E-state index is 0.771. The number of hydrogen-bond donors (Lipinski definition) is 1. The minimum absolute atomic E-state index is 0.771. The van der Waals surface area contributed by atoms with Gasteiger partial charge in [-0.2, -0.15) is 0 Å². The van der Waals surface area contributed by atoms with Gasteiger partial charge >= 0.3 is 0 Å². The van der Waals surface area contributed by atoms with Crippen molar-refractivity contribution in [1.29, 1.82) is 0 Å². The topological polar surface area (TPSA) is 58.4 Å². The van der Waals surface area contributed by atoms with Crippen LogP contribution in [0.15, 0.2) is 18.7 Å². The van der Waals surface area contributed by atoms with E-state index in [9.17, 15) is 0 Å². The second-order valence-corrected chi connectivity index (χ2v) is 4.00. The van der Waals surface area contributed by atoms with E-state index in [1.54, 1.807) is 12.5 Å². The zero-order chi connectivity index (χ0) is 10.8. The molecule has 3 heterocycles. The van der Waals surface area contributed by atoms with Crippen molar-refractivity contribution >= 4 is 11.5 Å². The molecule has 1 fully saturated rings. The van der Waals surface area contributed by atoms with Crippen LogP contribution in [0.25, 0.3) is 5.65 Å². The number of aromatic nitrogens is 4. The van der Waals surface area contributed by atoms with Crippen LogP contribution in [0.1, 0.15) is 19.3 Å². The van der Waals surface area contributed by atoms with E-state index in [1.165, 1.54) is 19.3 Å². The Morgan fingerprint density at radius 2 is 2.06 bits per heavy atom. The van der Waals surface area contributed by atoms with Crippen molar-refractivity contribution in [3.05, 3.63) is 18.7 Å². The third kappa shape index (κ3) is 1.71. The van der Waals surface area contributed by atoms with E-state index in [1.807, 2.05) is 10.6 Å². The van der Waals surface area contributed by atoms with Crippen LogP contribution in [-0.2, 0) is 0 Å². The lowest BCUT2D eigenvalue weighted by Gasteiger charge is -2.27. The summed E-state index contributed by atoms with van der Waals surface area (Å²) in [5.74, 6) is 0.780. The third-order valence-corrected chi connectivity index (χ3v) is 2.84. The molecule has 2 aromatic heterocycles. The van der Waals surface area contributed by atoms with E-state index in [0.717, 1.165) is 24.6 Å². The van der Waals surface area contributed by atoms with Gasteiger partial charge in [-0.3, -0.25) is 9.83 Å². The van der Waals surface area contributed by atoms with Crippen LogP contribution in [0, 0.1) is 0 Å². The Hall–Kier alpha value is -1.69. The maximum absolute atomic E-state index is 4.30. The Morgan fingerprint density at radius 1 is 1.19 bits per heavy atom. The normalized spacial score (nSPS) is 17.8. The van der Waals surface area contributed by atoms with Crippen LogP contribution in [0.5, 0.6) is 0 Å². The molecule has 84 valence electrons. The highest BCUT2D eigenvalue weighted by molar-refractivity contribution is 5.60. The average molecular weight is 218 g/mol. The molecule has 0 bridgehead atoms. The second kappa shape index (κ2) is 4.05. The molecule has 0 unspecified atom stereocenters. The van der Waals surface area contributed by atoms with Gasteiger partial charge in [0.2, 0.25) is 5.65 Å². The molecule has 1 aliphatic rings. The summed E-state index contributed by atoms with van der Waals surface area (Å²) < 4.78 is 1.86. The number of hydrogen-bond acceptors (Lipinski definition) is 5. The van der Waals surface area contributed by atoms with Crippen LogP contribution in [0.2, 0.25) is 0 Å². The summed E-state index contributed by atoms with van der Waals surface area (Å²) in [4.78, 5) is 4.30. The van der Waals surface area contributed by atoms with Crippen LogP contribution in [-0.4, -0.2) is 37.7 Å². The predicted octanol–water partition coefficient (Wildman–Crippen LogP) is 0.937. The molecular formula is C10H14N6. The Kier molecular flexibility index (Phi) is 2.41. The van der Waals surface area contributed by atoms with Crippen molar-refractivity contribution in [3.8, 4) is 0 Å². The predicted molar refractivity (Wildman–Crippen MR) is 59.8 cm³/mol. The Bertz CT molecular complexity index is 473. The lowest BCUT2D eigenvalue weighted by molar-refractivity contribution is 0.272. The molecule has 6 heteroatoms. The fraction of sp³-hybridized carbons (Fsp3) is 0.500. The number of nitrogens with zero attached hydrogens (tertiary/aromatic N) is 5. The number of anilines is 1. The largest absolute Gasteiger partial charge is 0.300 e. The number of nitrogens with one attached hydrogen (secondary N) is 1. The van der Waals surface area contributed by atoms with E-state index in [-0.39, 0.29) is 0 Å². The summed E-state index contributed by atoms with van der Waals surface area (Å²) in [5.41, 5.74) is 4.08. The van der Waals surface area contributed by atoms with Gasteiger partial charge in [-0.15, -0.1) is 10.2 Å². The number of piperidine rings is 1. The van der Waals surface area contributed by atoms with E-state index < -0.39 is 0 Å².